The molecule has 0 aromatic heterocycles. The van der Waals surface area contributed by atoms with Crippen LogP contribution >= 0.6 is 0 Å². The van der Waals surface area contributed by atoms with Crippen molar-refractivity contribution in [1.82, 2.24) is 4.90 Å². The SMILES string of the molecule is NCC(=O)N1CCC[C@H]1C(=O)[O-].[Li+]. The van der Waals surface area contributed by atoms with E-state index in [2.05, 4.69) is 0 Å². The smallest absolute Gasteiger partial charge is 0.548 e. The van der Waals surface area contributed by atoms with E-state index in [1.165, 1.54) is 4.90 Å². The van der Waals surface area contributed by atoms with E-state index >= 15 is 0 Å². The minimum atomic E-state index is -1.19. The predicted octanol–water partition coefficient (Wildman–Crippen LogP) is -5.31. The zero-order chi connectivity index (χ0) is 9.14. The standard InChI is InChI=1S/C7H12N2O3.Li/c8-4-6(10)9-3-1-2-5(9)7(11)12;/h5H,1-4,8H2,(H,11,12);/q;+1/p-1/t5-;/m0./s1. The monoisotopic (exact) mass is 178 g/mol. The second kappa shape index (κ2) is 5.28. The summed E-state index contributed by atoms with van der Waals surface area (Å²) < 4.78 is 0. The molecule has 1 rings (SSSR count). The molecule has 1 fully saturated rings. The molecule has 1 heterocycles. The maximum absolute atomic E-state index is 11.0. The molecule has 0 spiro atoms. The molecule has 0 radical (unpaired) electrons. The van der Waals surface area contributed by atoms with Gasteiger partial charge in [0.25, 0.3) is 0 Å². The van der Waals surface area contributed by atoms with Crippen molar-refractivity contribution < 1.29 is 33.6 Å². The summed E-state index contributed by atoms with van der Waals surface area (Å²) in [7, 11) is 0. The van der Waals surface area contributed by atoms with E-state index in [9.17, 15) is 14.7 Å². The molecule has 2 N–H and O–H groups in total. The predicted molar refractivity (Wildman–Crippen MR) is 38.8 cm³/mol. The number of carboxylic acids is 1. The molecule has 0 aromatic rings. The molecule has 68 valence electrons. The fourth-order valence-corrected chi connectivity index (χ4v) is 1.43. The quantitative estimate of drug-likeness (QED) is 0.428. The normalized spacial score (nSPS) is 21.0. The van der Waals surface area contributed by atoms with Crippen molar-refractivity contribution in [1.29, 1.82) is 0 Å². The number of nitrogens with two attached hydrogens (primary N) is 1. The van der Waals surface area contributed by atoms with Crippen LogP contribution in [0.4, 0.5) is 0 Å². The number of hydrogen-bond acceptors (Lipinski definition) is 4. The van der Waals surface area contributed by atoms with Crippen LogP contribution in [0.5, 0.6) is 0 Å². The van der Waals surface area contributed by atoms with Gasteiger partial charge in [0.2, 0.25) is 5.91 Å². The van der Waals surface area contributed by atoms with Crippen molar-refractivity contribution in [2.75, 3.05) is 13.1 Å². The Labute approximate surface area is 88.4 Å². The number of hydrogen-bond donors (Lipinski definition) is 1. The topological polar surface area (TPSA) is 86.5 Å². The molecular formula is C7H11LiN2O3. The average Bonchev–Trinajstić information content (AvgIpc) is 2.50. The van der Waals surface area contributed by atoms with Gasteiger partial charge in [0.05, 0.1) is 18.6 Å². The van der Waals surface area contributed by atoms with Crippen LogP contribution in [0.3, 0.4) is 0 Å². The molecule has 1 amide bonds. The van der Waals surface area contributed by atoms with Gasteiger partial charge in [0.15, 0.2) is 0 Å². The van der Waals surface area contributed by atoms with Crippen molar-refractivity contribution in [3.63, 3.8) is 0 Å². The van der Waals surface area contributed by atoms with Crippen LogP contribution < -0.4 is 29.7 Å². The Morgan fingerprint density at radius 3 is 2.62 bits per heavy atom. The van der Waals surface area contributed by atoms with Crippen molar-refractivity contribution >= 4 is 11.9 Å². The van der Waals surface area contributed by atoms with Crippen LogP contribution in [-0.4, -0.2) is 35.9 Å². The van der Waals surface area contributed by atoms with Crippen molar-refractivity contribution in [3.05, 3.63) is 0 Å². The molecule has 1 atom stereocenters. The Hall–Kier alpha value is -0.503. The van der Waals surface area contributed by atoms with E-state index in [4.69, 9.17) is 5.73 Å². The Bertz CT molecular complexity index is 210. The summed E-state index contributed by atoms with van der Waals surface area (Å²) in [5, 5.41) is 10.5. The van der Waals surface area contributed by atoms with Crippen LogP contribution in [0.15, 0.2) is 0 Å². The fourth-order valence-electron chi connectivity index (χ4n) is 1.43. The summed E-state index contributed by atoms with van der Waals surface area (Å²) >= 11 is 0. The summed E-state index contributed by atoms with van der Waals surface area (Å²) in [6.45, 7) is 0.346. The molecule has 0 unspecified atom stereocenters. The van der Waals surface area contributed by atoms with Gasteiger partial charge in [-0.2, -0.15) is 0 Å². The van der Waals surface area contributed by atoms with Gasteiger partial charge in [-0.05, 0) is 12.8 Å². The molecule has 0 saturated carbocycles. The molecule has 6 heteroatoms. The molecule has 0 aromatic carbocycles. The maximum atomic E-state index is 11.0. The average molecular weight is 178 g/mol. The number of likely N-dealkylation sites (tertiary alicyclic amines) is 1. The van der Waals surface area contributed by atoms with Gasteiger partial charge < -0.3 is 20.5 Å². The first-order valence-corrected chi connectivity index (χ1v) is 3.87. The third-order valence-corrected chi connectivity index (χ3v) is 2.02. The first kappa shape index (κ1) is 12.5. The van der Waals surface area contributed by atoms with Gasteiger partial charge in [-0.3, -0.25) is 4.79 Å². The molecule has 1 aliphatic rings. The van der Waals surface area contributed by atoms with E-state index in [1.807, 2.05) is 0 Å². The number of aliphatic carboxylic acids is 1. The third-order valence-electron chi connectivity index (χ3n) is 2.02. The van der Waals surface area contributed by atoms with E-state index in [0.717, 1.165) is 0 Å². The van der Waals surface area contributed by atoms with Crippen LogP contribution in [0, 0.1) is 0 Å². The summed E-state index contributed by atoms with van der Waals surface area (Å²) in [5.74, 6) is -1.50. The minimum absolute atomic E-state index is 0. The molecule has 0 aliphatic carbocycles. The number of carboxylic acid groups (broad SMARTS) is 1. The summed E-state index contributed by atoms with van der Waals surface area (Å²) in [6.07, 6.45) is 1.19. The van der Waals surface area contributed by atoms with E-state index in [-0.39, 0.29) is 31.3 Å². The first-order valence-electron chi connectivity index (χ1n) is 3.87. The van der Waals surface area contributed by atoms with Gasteiger partial charge in [0.1, 0.15) is 0 Å². The van der Waals surface area contributed by atoms with Gasteiger partial charge in [-0.1, -0.05) is 0 Å². The zero-order valence-corrected chi connectivity index (χ0v) is 7.66. The Balaban J connectivity index is 0.00000144. The Morgan fingerprint density at radius 2 is 2.15 bits per heavy atom. The Morgan fingerprint density at radius 1 is 1.54 bits per heavy atom. The van der Waals surface area contributed by atoms with Crippen LogP contribution in [0.1, 0.15) is 12.8 Å². The first-order chi connectivity index (χ1) is 5.66. The molecule has 13 heavy (non-hydrogen) atoms. The summed E-state index contributed by atoms with van der Waals surface area (Å²) in [5.41, 5.74) is 5.11. The molecule has 5 nitrogen and oxygen atoms in total. The van der Waals surface area contributed by atoms with Crippen LogP contribution in [0.25, 0.3) is 0 Å². The van der Waals surface area contributed by atoms with E-state index in [0.29, 0.717) is 19.4 Å². The van der Waals surface area contributed by atoms with Crippen molar-refractivity contribution in [2.24, 2.45) is 5.73 Å². The number of nitrogens with zero attached hydrogens (tertiary/aromatic N) is 1. The molecule has 1 aliphatic heterocycles. The third kappa shape index (κ3) is 2.73. The number of rotatable bonds is 2. The van der Waals surface area contributed by atoms with Gasteiger partial charge >= 0.3 is 18.9 Å². The minimum Gasteiger partial charge on any atom is -0.548 e. The molecule has 0 bridgehead atoms. The van der Waals surface area contributed by atoms with Crippen LogP contribution in [-0.2, 0) is 9.59 Å². The fraction of sp³-hybridized carbons (Fsp3) is 0.714. The molecule has 1 saturated heterocycles. The van der Waals surface area contributed by atoms with Gasteiger partial charge in [-0.25, -0.2) is 0 Å². The Kier molecular flexibility index (Phi) is 5.07. The second-order valence-corrected chi connectivity index (χ2v) is 2.77. The molecular weight excluding hydrogens is 167 g/mol. The summed E-state index contributed by atoms with van der Waals surface area (Å²) in [6, 6.07) is -0.763. The maximum Gasteiger partial charge on any atom is 1.00 e. The van der Waals surface area contributed by atoms with Gasteiger partial charge in [0, 0.05) is 6.54 Å². The number of amides is 1. The number of carbonyl (C=O) groups excluding carboxylic acids is 2. The van der Waals surface area contributed by atoms with E-state index in [1.54, 1.807) is 0 Å². The van der Waals surface area contributed by atoms with E-state index < -0.39 is 12.0 Å². The van der Waals surface area contributed by atoms with Crippen molar-refractivity contribution in [2.45, 2.75) is 18.9 Å². The number of carbonyl (C=O) groups is 2. The summed E-state index contributed by atoms with van der Waals surface area (Å²) in [4.78, 5) is 22.8. The van der Waals surface area contributed by atoms with Gasteiger partial charge in [-0.15, -0.1) is 0 Å². The second-order valence-electron chi connectivity index (χ2n) is 2.77. The largest absolute Gasteiger partial charge is 1.00 e. The van der Waals surface area contributed by atoms with Crippen LogP contribution in [0.2, 0.25) is 0 Å². The zero-order valence-electron chi connectivity index (χ0n) is 7.66. The van der Waals surface area contributed by atoms with Crippen molar-refractivity contribution in [3.8, 4) is 0 Å².